The average molecular weight is 377 g/mol. The van der Waals surface area contributed by atoms with Crippen LogP contribution in [0.5, 0.6) is 0 Å². The van der Waals surface area contributed by atoms with Gasteiger partial charge in [0.05, 0.1) is 11.6 Å². The molecule has 0 radical (unpaired) electrons. The lowest BCUT2D eigenvalue weighted by atomic mass is 9.99. The molecule has 0 saturated heterocycles. The number of carbonyl (C=O) groups excluding carboxylic acids is 1. The molecule has 2 N–H and O–H groups in total. The topological polar surface area (TPSA) is 50.4 Å². The van der Waals surface area contributed by atoms with E-state index in [1.54, 1.807) is 7.11 Å². The van der Waals surface area contributed by atoms with Crippen molar-refractivity contribution < 1.29 is 9.53 Å². The smallest absolute Gasteiger partial charge is 0.253 e. The standard InChI is InChI=1S/C24H28N2O2/c1-18(20-14-9-11-19-10-3-4-12-21(19)20)26-24(27)22-13-5-6-15-23(22)25-16-7-8-17-28-2/h3-6,9-15,18,25H,7-8,16-17H2,1-2H3,(H,26,27)/t18-/m1/s1. The van der Waals surface area contributed by atoms with Crippen molar-refractivity contribution in [1.29, 1.82) is 0 Å². The second-order valence-corrected chi connectivity index (χ2v) is 6.94. The van der Waals surface area contributed by atoms with Crippen molar-refractivity contribution in [2.45, 2.75) is 25.8 Å². The Bertz CT molecular complexity index is 918. The minimum absolute atomic E-state index is 0.0691. The number of methoxy groups -OCH3 is 1. The molecule has 0 bridgehead atoms. The summed E-state index contributed by atoms with van der Waals surface area (Å²) in [6.45, 7) is 3.60. The van der Waals surface area contributed by atoms with Crippen LogP contribution in [0.4, 0.5) is 5.69 Å². The van der Waals surface area contributed by atoms with Gasteiger partial charge in [-0.1, -0.05) is 54.6 Å². The fourth-order valence-corrected chi connectivity index (χ4v) is 3.41. The molecule has 4 heteroatoms. The number of ether oxygens (including phenoxy) is 1. The summed E-state index contributed by atoms with van der Waals surface area (Å²) in [5, 5.41) is 8.88. The van der Waals surface area contributed by atoms with Gasteiger partial charge in [-0.15, -0.1) is 0 Å². The third-order valence-corrected chi connectivity index (χ3v) is 4.90. The molecule has 3 rings (SSSR count). The van der Waals surface area contributed by atoms with E-state index in [2.05, 4.69) is 34.9 Å². The summed E-state index contributed by atoms with van der Waals surface area (Å²) >= 11 is 0. The highest BCUT2D eigenvalue weighted by atomic mass is 16.5. The van der Waals surface area contributed by atoms with Crippen LogP contribution in [0.15, 0.2) is 66.7 Å². The first kappa shape index (κ1) is 19.9. The molecule has 4 nitrogen and oxygen atoms in total. The predicted octanol–water partition coefficient (Wildman–Crippen LogP) is 5.17. The second kappa shape index (κ2) is 9.90. The van der Waals surface area contributed by atoms with E-state index in [-0.39, 0.29) is 11.9 Å². The van der Waals surface area contributed by atoms with Crippen LogP contribution in [-0.2, 0) is 4.74 Å². The summed E-state index contributed by atoms with van der Waals surface area (Å²) in [6.07, 6.45) is 1.99. The van der Waals surface area contributed by atoms with Crippen LogP contribution in [0.1, 0.15) is 41.7 Å². The maximum absolute atomic E-state index is 12.9. The lowest BCUT2D eigenvalue weighted by molar-refractivity contribution is 0.0941. The van der Waals surface area contributed by atoms with Crippen molar-refractivity contribution in [1.82, 2.24) is 5.32 Å². The lowest BCUT2D eigenvalue weighted by Crippen LogP contribution is -2.27. The van der Waals surface area contributed by atoms with Crippen LogP contribution in [0, 0.1) is 0 Å². The summed E-state index contributed by atoms with van der Waals surface area (Å²) in [5.41, 5.74) is 2.65. The highest BCUT2D eigenvalue weighted by Gasteiger charge is 2.16. The number of nitrogens with one attached hydrogen (secondary N) is 2. The summed E-state index contributed by atoms with van der Waals surface area (Å²) in [6, 6.07) is 22.0. The zero-order chi connectivity index (χ0) is 19.8. The van der Waals surface area contributed by atoms with Gasteiger partial charge < -0.3 is 15.4 Å². The highest BCUT2D eigenvalue weighted by molar-refractivity contribution is 6.00. The quantitative estimate of drug-likeness (QED) is 0.507. The lowest BCUT2D eigenvalue weighted by Gasteiger charge is -2.18. The van der Waals surface area contributed by atoms with Gasteiger partial charge in [0.15, 0.2) is 0 Å². The molecule has 0 aliphatic carbocycles. The van der Waals surface area contributed by atoms with Crippen molar-refractivity contribution in [3.63, 3.8) is 0 Å². The number of hydrogen-bond acceptors (Lipinski definition) is 3. The number of carbonyl (C=O) groups is 1. The zero-order valence-electron chi connectivity index (χ0n) is 16.6. The van der Waals surface area contributed by atoms with E-state index in [4.69, 9.17) is 4.74 Å². The Morgan fingerprint density at radius 2 is 1.71 bits per heavy atom. The molecule has 0 fully saturated rings. The van der Waals surface area contributed by atoms with Gasteiger partial charge >= 0.3 is 0 Å². The van der Waals surface area contributed by atoms with E-state index in [1.807, 2.05) is 49.4 Å². The van der Waals surface area contributed by atoms with Crippen LogP contribution < -0.4 is 10.6 Å². The Kier molecular flexibility index (Phi) is 7.04. The summed E-state index contributed by atoms with van der Waals surface area (Å²) in [5.74, 6) is -0.0691. The molecule has 0 spiro atoms. The van der Waals surface area contributed by atoms with Gasteiger partial charge in [-0.05, 0) is 48.2 Å². The maximum Gasteiger partial charge on any atom is 0.253 e. The highest BCUT2D eigenvalue weighted by Crippen LogP contribution is 2.25. The molecular weight excluding hydrogens is 348 g/mol. The van der Waals surface area contributed by atoms with Crippen molar-refractivity contribution in [2.24, 2.45) is 0 Å². The molecular formula is C24H28N2O2. The first-order valence-electron chi connectivity index (χ1n) is 9.81. The van der Waals surface area contributed by atoms with Gasteiger partial charge in [0, 0.05) is 25.9 Å². The van der Waals surface area contributed by atoms with Crippen molar-refractivity contribution in [2.75, 3.05) is 25.6 Å². The molecule has 1 atom stereocenters. The Labute approximate surface area is 166 Å². The first-order valence-corrected chi connectivity index (χ1v) is 9.81. The molecule has 3 aromatic rings. The number of amides is 1. The fraction of sp³-hybridized carbons (Fsp3) is 0.292. The van der Waals surface area contributed by atoms with Crippen LogP contribution >= 0.6 is 0 Å². The maximum atomic E-state index is 12.9. The normalized spacial score (nSPS) is 11.9. The molecule has 0 aromatic heterocycles. The number of fused-ring (bicyclic) bond motifs is 1. The summed E-state index contributed by atoms with van der Waals surface area (Å²) < 4.78 is 5.08. The number of rotatable bonds is 9. The number of para-hydroxylation sites is 1. The van der Waals surface area contributed by atoms with Crippen LogP contribution in [0.2, 0.25) is 0 Å². The van der Waals surface area contributed by atoms with Crippen molar-refractivity contribution in [3.05, 3.63) is 77.9 Å². The molecule has 0 heterocycles. The molecule has 0 aliphatic rings. The van der Waals surface area contributed by atoms with Gasteiger partial charge in [-0.25, -0.2) is 0 Å². The van der Waals surface area contributed by atoms with Crippen molar-refractivity contribution >= 4 is 22.4 Å². The first-order chi connectivity index (χ1) is 13.7. The van der Waals surface area contributed by atoms with Gasteiger partial charge in [-0.2, -0.15) is 0 Å². The summed E-state index contributed by atoms with van der Waals surface area (Å²) in [7, 11) is 1.71. The van der Waals surface area contributed by atoms with E-state index < -0.39 is 0 Å². The van der Waals surface area contributed by atoms with Gasteiger partial charge in [-0.3, -0.25) is 4.79 Å². The van der Waals surface area contributed by atoms with E-state index >= 15 is 0 Å². The third-order valence-electron chi connectivity index (χ3n) is 4.90. The largest absolute Gasteiger partial charge is 0.385 e. The van der Waals surface area contributed by atoms with E-state index in [1.165, 1.54) is 10.8 Å². The fourth-order valence-electron chi connectivity index (χ4n) is 3.41. The Balaban J connectivity index is 1.70. The molecule has 3 aromatic carbocycles. The minimum atomic E-state index is -0.0895. The Hall–Kier alpha value is -2.85. The SMILES string of the molecule is COCCCCNc1ccccc1C(=O)N[C@H](C)c1cccc2ccccc12. The molecule has 0 unspecified atom stereocenters. The number of anilines is 1. The van der Waals surface area contributed by atoms with Crippen molar-refractivity contribution in [3.8, 4) is 0 Å². The monoisotopic (exact) mass is 376 g/mol. The van der Waals surface area contributed by atoms with Gasteiger partial charge in [0.1, 0.15) is 0 Å². The molecule has 1 amide bonds. The summed E-state index contributed by atoms with van der Waals surface area (Å²) in [4.78, 5) is 12.9. The molecule has 146 valence electrons. The van der Waals surface area contributed by atoms with Crippen LogP contribution in [-0.4, -0.2) is 26.2 Å². The average Bonchev–Trinajstić information content (AvgIpc) is 2.73. The van der Waals surface area contributed by atoms with E-state index in [9.17, 15) is 4.79 Å². The van der Waals surface area contributed by atoms with E-state index in [0.29, 0.717) is 5.56 Å². The van der Waals surface area contributed by atoms with Gasteiger partial charge in [0.2, 0.25) is 0 Å². The third kappa shape index (κ3) is 4.90. The van der Waals surface area contributed by atoms with Gasteiger partial charge in [0.25, 0.3) is 5.91 Å². The number of unbranched alkanes of at least 4 members (excludes halogenated alkanes) is 1. The van der Waals surface area contributed by atoms with E-state index in [0.717, 1.165) is 37.2 Å². The number of hydrogen-bond donors (Lipinski definition) is 2. The predicted molar refractivity (Wildman–Crippen MR) is 116 cm³/mol. The zero-order valence-corrected chi connectivity index (χ0v) is 16.6. The molecule has 0 aliphatic heterocycles. The Morgan fingerprint density at radius 1 is 0.964 bits per heavy atom. The van der Waals surface area contributed by atoms with Crippen LogP contribution in [0.25, 0.3) is 10.8 Å². The Morgan fingerprint density at radius 3 is 2.57 bits per heavy atom. The number of benzene rings is 3. The minimum Gasteiger partial charge on any atom is -0.385 e. The second-order valence-electron chi connectivity index (χ2n) is 6.94. The van der Waals surface area contributed by atoms with Crippen LogP contribution in [0.3, 0.4) is 0 Å². The molecule has 28 heavy (non-hydrogen) atoms. The molecule has 0 saturated carbocycles.